The lowest BCUT2D eigenvalue weighted by molar-refractivity contribution is -0.115. The number of hydrogen-bond acceptors (Lipinski definition) is 4. The van der Waals surface area contributed by atoms with Gasteiger partial charge >= 0.3 is 0 Å². The Bertz CT molecular complexity index is 397. The zero-order chi connectivity index (χ0) is 13.4. The van der Waals surface area contributed by atoms with Crippen LogP contribution in [0.5, 0.6) is 0 Å². The van der Waals surface area contributed by atoms with Gasteiger partial charge < -0.3 is 16.2 Å². The van der Waals surface area contributed by atoms with Gasteiger partial charge in [-0.2, -0.15) is 11.8 Å². The van der Waals surface area contributed by atoms with E-state index in [0.29, 0.717) is 12.1 Å². The molecule has 0 saturated heterocycles. The SMILES string of the molecule is Cc1c(N)cccc1NC(=O)CCSCCCO. The Kier molecular flexibility index (Phi) is 6.60. The first-order valence-electron chi connectivity index (χ1n) is 5.98. The molecule has 18 heavy (non-hydrogen) atoms. The van der Waals surface area contributed by atoms with E-state index in [1.807, 2.05) is 25.1 Å². The van der Waals surface area contributed by atoms with E-state index in [1.54, 1.807) is 11.8 Å². The zero-order valence-corrected chi connectivity index (χ0v) is 11.4. The smallest absolute Gasteiger partial charge is 0.225 e. The summed E-state index contributed by atoms with van der Waals surface area (Å²) in [6, 6.07) is 5.49. The second kappa shape index (κ2) is 8.00. The molecule has 0 aromatic heterocycles. The second-order valence-corrected chi connectivity index (χ2v) is 5.23. The highest BCUT2D eigenvalue weighted by molar-refractivity contribution is 7.99. The molecule has 4 N–H and O–H groups in total. The Morgan fingerprint density at radius 3 is 2.94 bits per heavy atom. The summed E-state index contributed by atoms with van der Waals surface area (Å²) in [5.74, 6) is 1.66. The Balaban J connectivity index is 2.34. The van der Waals surface area contributed by atoms with Gasteiger partial charge in [-0.25, -0.2) is 0 Å². The number of carbonyl (C=O) groups is 1. The molecule has 1 aromatic rings. The Labute approximate surface area is 112 Å². The Hall–Kier alpha value is -1.20. The van der Waals surface area contributed by atoms with E-state index in [-0.39, 0.29) is 12.5 Å². The van der Waals surface area contributed by atoms with Crippen molar-refractivity contribution in [1.82, 2.24) is 0 Å². The molecular weight excluding hydrogens is 248 g/mol. The Morgan fingerprint density at radius 2 is 2.22 bits per heavy atom. The standard InChI is InChI=1S/C13H20N2O2S/c1-10-11(14)4-2-5-12(10)15-13(17)6-9-18-8-3-7-16/h2,4-5,16H,3,6-9,14H2,1H3,(H,15,17). The molecule has 0 heterocycles. The summed E-state index contributed by atoms with van der Waals surface area (Å²) in [4.78, 5) is 11.7. The van der Waals surface area contributed by atoms with E-state index in [2.05, 4.69) is 5.32 Å². The molecule has 5 heteroatoms. The van der Waals surface area contributed by atoms with Crippen LogP contribution in [0.25, 0.3) is 0 Å². The number of rotatable bonds is 7. The van der Waals surface area contributed by atoms with Crippen molar-refractivity contribution in [2.75, 3.05) is 29.2 Å². The number of aliphatic hydroxyl groups excluding tert-OH is 1. The molecule has 0 spiro atoms. The van der Waals surface area contributed by atoms with Gasteiger partial charge in [0.2, 0.25) is 5.91 Å². The summed E-state index contributed by atoms with van der Waals surface area (Å²) in [7, 11) is 0. The van der Waals surface area contributed by atoms with Gasteiger partial charge in [-0.3, -0.25) is 4.79 Å². The molecule has 4 nitrogen and oxygen atoms in total. The fraction of sp³-hybridized carbons (Fsp3) is 0.462. The quantitative estimate of drug-likeness (QED) is 0.522. The average molecular weight is 268 g/mol. The first-order valence-corrected chi connectivity index (χ1v) is 7.14. The highest BCUT2D eigenvalue weighted by atomic mass is 32.2. The number of carbonyl (C=O) groups excluding carboxylic acids is 1. The lowest BCUT2D eigenvalue weighted by Gasteiger charge is -2.09. The molecule has 1 amide bonds. The number of anilines is 2. The van der Waals surface area contributed by atoms with Gasteiger partial charge in [0.15, 0.2) is 0 Å². The van der Waals surface area contributed by atoms with Gasteiger partial charge in [0, 0.05) is 30.2 Å². The minimum Gasteiger partial charge on any atom is -0.398 e. The van der Waals surface area contributed by atoms with Crippen LogP contribution in [0.4, 0.5) is 11.4 Å². The molecule has 0 unspecified atom stereocenters. The van der Waals surface area contributed by atoms with Crippen molar-refractivity contribution in [3.8, 4) is 0 Å². The van der Waals surface area contributed by atoms with Crippen molar-refractivity contribution in [1.29, 1.82) is 0 Å². The van der Waals surface area contributed by atoms with Crippen LogP contribution in [-0.4, -0.2) is 29.1 Å². The highest BCUT2D eigenvalue weighted by Gasteiger charge is 2.05. The van der Waals surface area contributed by atoms with E-state index in [4.69, 9.17) is 10.8 Å². The normalized spacial score (nSPS) is 10.3. The van der Waals surface area contributed by atoms with Crippen LogP contribution in [0.3, 0.4) is 0 Å². The number of hydrogen-bond donors (Lipinski definition) is 3. The van der Waals surface area contributed by atoms with Crippen LogP contribution in [0.15, 0.2) is 18.2 Å². The van der Waals surface area contributed by atoms with Crippen LogP contribution in [0.1, 0.15) is 18.4 Å². The third kappa shape index (κ3) is 4.98. The second-order valence-electron chi connectivity index (χ2n) is 4.01. The van der Waals surface area contributed by atoms with Crippen LogP contribution in [0.2, 0.25) is 0 Å². The zero-order valence-electron chi connectivity index (χ0n) is 10.6. The largest absolute Gasteiger partial charge is 0.398 e. The molecule has 1 aromatic carbocycles. The molecule has 0 fully saturated rings. The third-order valence-corrected chi connectivity index (χ3v) is 3.64. The molecule has 0 bridgehead atoms. The number of thioether (sulfide) groups is 1. The molecule has 0 saturated carbocycles. The summed E-state index contributed by atoms with van der Waals surface area (Å²) in [5.41, 5.74) is 8.14. The van der Waals surface area contributed by atoms with E-state index >= 15 is 0 Å². The number of nitrogens with one attached hydrogen (secondary N) is 1. The lowest BCUT2D eigenvalue weighted by Crippen LogP contribution is -2.13. The van der Waals surface area contributed by atoms with Gasteiger partial charge in [-0.15, -0.1) is 0 Å². The van der Waals surface area contributed by atoms with Gasteiger partial charge in [0.25, 0.3) is 0 Å². The first kappa shape index (κ1) is 14.9. The molecule has 0 aliphatic carbocycles. The number of nitrogens with two attached hydrogens (primary N) is 1. The predicted molar refractivity (Wildman–Crippen MR) is 77.9 cm³/mol. The molecule has 0 aliphatic heterocycles. The fourth-order valence-corrected chi connectivity index (χ4v) is 2.30. The molecule has 1 rings (SSSR count). The van der Waals surface area contributed by atoms with Gasteiger partial charge in [-0.1, -0.05) is 6.07 Å². The number of benzene rings is 1. The molecule has 0 aliphatic rings. The maximum absolute atomic E-state index is 11.7. The van der Waals surface area contributed by atoms with Crippen molar-refractivity contribution in [3.63, 3.8) is 0 Å². The summed E-state index contributed by atoms with van der Waals surface area (Å²) >= 11 is 1.68. The van der Waals surface area contributed by atoms with E-state index in [9.17, 15) is 4.79 Å². The Morgan fingerprint density at radius 1 is 1.44 bits per heavy atom. The van der Waals surface area contributed by atoms with Gasteiger partial charge in [-0.05, 0) is 36.8 Å². The minimum atomic E-state index is 0.000184. The number of amides is 1. The third-order valence-electron chi connectivity index (χ3n) is 2.57. The molecule has 0 atom stereocenters. The van der Waals surface area contributed by atoms with Crippen molar-refractivity contribution in [2.24, 2.45) is 0 Å². The predicted octanol–water partition coefficient (Wildman–Crippen LogP) is 2.02. The lowest BCUT2D eigenvalue weighted by atomic mass is 10.1. The topological polar surface area (TPSA) is 75.3 Å². The van der Waals surface area contributed by atoms with Crippen LogP contribution in [0, 0.1) is 6.92 Å². The van der Waals surface area contributed by atoms with Crippen molar-refractivity contribution in [3.05, 3.63) is 23.8 Å². The average Bonchev–Trinajstić information content (AvgIpc) is 2.35. The maximum atomic E-state index is 11.7. The summed E-state index contributed by atoms with van der Waals surface area (Å²) in [6.45, 7) is 2.10. The van der Waals surface area contributed by atoms with Gasteiger partial charge in [0.05, 0.1) is 0 Å². The maximum Gasteiger partial charge on any atom is 0.225 e. The van der Waals surface area contributed by atoms with Crippen LogP contribution < -0.4 is 11.1 Å². The summed E-state index contributed by atoms with van der Waals surface area (Å²) in [6.07, 6.45) is 1.25. The summed E-state index contributed by atoms with van der Waals surface area (Å²) < 4.78 is 0. The van der Waals surface area contributed by atoms with E-state index in [1.165, 1.54) is 0 Å². The van der Waals surface area contributed by atoms with Gasteiger partial charge in [0.1, 0.15) is 0 Å². The first-order chi connectivity index (χ1) is 8.65. The van der Waals surface area contributed by atoms with Crippen molar-refractivity contribution < 1.29 is 9.90 Å². The number of nitrogen functional groups attached to an aromatic ring is 1. The van der Waals surface area contributed by atoms with Crippen LogP contribution in [-0.2, 0) is 4.79 Å². The summed E-state index contributed by atoms with van der Waals surface area (Å²) in [5, 5.41) is 11.5. The molecular formula is C13H20N2O2S. The number of aliphatic hydroxyl groups is 1. The molecule has 100 valence electrons. The fourth-order valence-electron chi connectivity index (χ4n) is 1.44. The molecule has 0 radical (unpaired) electrons. The van der Waals surface area contributed by atoms with E-state index < -0.39 is 0 Å². The van der Waals surface area contributed by atoms with Crippen molar-refractivity contribution in [2.45, 2.75) is 19.8 Å². The minimum absolute atomic E-state index is 0.000184. The van der Waals surface area contributed by atoms with E-state index in [0.717, 1.165) is 29.2 Å². The monoisotopic (exact) mass is 268 g/mol. The highest BCUT2D eigenvalue weighted by Crippen LogP contribution is 2.20. The van der Waals surface area contributed by atoms with Crippen LogP contribution >= 0.6 is 11.8 Å². The van der Waals surface area contributed by atoms with Crippen molar-refractivity contribution >= 4 is 29.0 Å².